The summed E-state index contributed by atoms with van der Waals surface area (Å²) in [6.45, 7) is 4.10. The van der Waals surface area contributed by atoms with Crippen LogP contribution < -0.4 is 11.1 Å². The van der Waals surface area contributed by atoms with Crippen molar-refractivity contribution in [2.45, 2.75) is 51.6 Å². The number of rotatable bonds is 3. The van der Waals surface area contributed by atoms with E-state index in [9.17, 15) is 4.79 Å². The molecule has 4 nitrogen and oxygen atoms in total. The van der Waals surface area contributed by atoms with E-state index in [1.165, 1.54) is 12.8 Å². The number of nitrogens with two attached hydrogens (primary N) is 1. The van der Waals surface area contributed by atoms with Crippen LogP contribution >= 0.6 is 0 Å². The van der Waals surface area contributed by atoms with E-state index in [1.807, 2.05) is 10.8 Å². The molecule has 0 saturated heterocycles. The third-order valence-electron chi connectivity index (χ3n) is 3.45. The van der Waals surface area contributed by atoms with E-state index in [2.05, 4.69) is 19.2 Å². The van der Waals surface area contributed by atoms with Crippen molar-refractivity contribution in [2.75, 3.05) is 5.73 Å². The van der Waals surface area contributed by atoms with Gasteiger partial charge in [-0.15, -0.1) is 0 Å². The summed E-state index contributed by atoms with van der Waals surface area (Å²) in [6.07, 6.45) is 6.50. The molecule has 1 aromatic heterocycles. The van der Waals surface area contributed by atoms with Crippen molar-refractivity contribution >= 4 is 11.7 Å². The second-order valence-electron chi connectivity index (χ2n) is 5.07. The van der Waals surface area contributed by atoms with Gasteiger partial charge in [-0.25, -0.2) is 0 Å². The number of nitrogen functional groups attached to an aromatic ring is 1. The summed E-state index contributed by atoms with van der Waals surface area (Å²) in [7, 11) is 0. The van der Waals surface area contributed by atoms with Gasteiger partial charge in [-0.2, -0.15) is 0 Å². The molecule has 1 saturated carbocycles. The van der Waals surface area contributed by atoms with Crippen molar-refractivity contribution in [3.05, 3.63) is 17.8 Å². The highest BCUT2D eigenvalue weighted by molar-refractivity contribution is 5.98. The summed E-state index contributed by atoms with van der Waals surface area (Å²) in [5, 5.41) is 3.06. The molecule has 2 rings (SSSR count). The lowest BCUT2D eigenvalue weighted by atomic mass is 10.2. The lowest BCUT2D eigenvalue weighted by Crippen LogP contribution is -2.32. The first-order valence-electron chi connectivity index (χ1n) is 6.36. The molecule has 0 bridgehead atoms. The smallest absolute Gasteiger partial charge is 0.255 e. The van der Waals surface area contributed by atoms with Gasteiger partial charge in [-0.3, -0.25) is 4.79 Å². The molecule has 0 radical (unpaired) electrons. The Morgan fingerprint density at radius 2 is 2.12 bits per heavy atom. The van der Waals surface area contributed by atoms with Gasteiger partial charge in [-0.05, 0) is 32.8 Å². The van der Waals surface area contributed by atoms with E-state index in [1.54, 1.807) is 6.07 Å². The Hall–Kier alpha value is -1.45. The predicted molar refractivity (Wildman–Crippen MR) is 69.0 cm³/mol. The Bertz CT molecular complexity index is 403. The summed E-state index contributed by atoms with van der Waals surface area (Å²) in [4.78, 5) is 12.1. The minimum absolute atomic E-state index is 0.0335. The number of carbonyl (C=O) groups is 1. The number of nitrogens with one attached hydrogen (secondary N) is 1. The monoisotopic (exact) mass is 235 g/mol. The van der Waals surface area contributed by atoms with Gasteiger partial charge in [-0.1, -0.05) is 12.8 Å². The molecule has 1 aliphatic rings. The summed E-state index contributed by atoms with van der Waals surface area (Å²) < 4.78 is 1.92. The Morgan fingerprint density at radius 1 is 1.47 bits per heavy atom. The van der Waals surface area contributed by atoms with E-state index in [4.69, 9.17) is 5.73 Å². The molecule has 0 spiro atoms. The average Bonchev–Trinajstić information content (AvgIpc) is 2.86. The highest BCUT2D eigenvalue weighted by atomic mass is 16.1. The third-order valence-corrected chi connectivity index (χ3v) is 3.45. The molecule has 4 heteroatoms. The number of anilines is 1. The van der Waals surface area contributed by atoms with E-state index >= 15 is 0 Å². The first kappa shape index (κ1) is 12.0. The number of amides is 1. The summed E-state index contributed by atoms with van der Waals surface area (Å²) in [5.74, 6) is 0.532. The van der Waals surface area contributed by atoms with Crippen molar-refractivity contribution < 1.29 is 4.79 Å². The van der Waals surface area contributed by atoms with E-state index < -0.39 is 0 Å². The molecule has 1 fully saturated rings. The number of hydrogen-bond acceptors (Lipinski definition) is 2. The number of hydrogen-bond donors (Lipinski definition) is 2. The fourth-order valence-electron chi connectivity index (χ4n) is 2.44. The highest BCUT2D eigenvalue weighted by Gasteiger charge is 2.20. The molecule has 17 heavy (non-hydrogen) atoms. The Kier molecular flexibility index (Phi) is 3.41. The zero-order chi connectivity index (χ0) is 12.4. The Balaban J connectivity index is 2.08. The van der Waals surface area contributed by atoms with Gasteiger partial charge in [0.25, 0.3) is 5.91 Å². The molecule has 1 aromatic rings. The van der Waals surface area contributed by atoms with Crippen LogP contribution in [0.15, 0.2) is 12.3 Å². The fourth-order valence-corrected chi connectivity index (χ4v) is 2.44. The average molecular weight is 235 g/mol. The zero-order valence-electron chi connectivity index (χ0n) is 10.6. The van der Waals surface area contributed by atoms with Gasteiger partial charge in [0, 0.05) is 18.3 Å². The van der Waals surface area contributed by atoms with Gasteiger partial charge in [0.2, 0.25) is 0 Å². The highest BCUT2D eigenvalue weighted by Crippen LogP contribution is 2.21. The van der Waals surface area contributed by atoms with Crippen molar-refractivity contribution in [3.63, 3.8) is 0 Å². The minimum Gasteiger partial charge on any atom is -0.384 e. The Morgan fingerprint density at radius 3 is 2.65 bits per heavy atom. The molecule has 1 heterocycles. The number of carbonyl (C=O) groups excluding carboxylic acids is 1. The van der Waals surface area contributed by atoms with Crippen LogP contribution in [0.25, 0.3) is 0 Å². The lowest BCUT2D eigenvalue weighted by Gasteiger charge is -2.13. The summed E-state index contributed by atoms with van der Waals surface area (Å²) in [5.41, 5.74) is 6.58. The van der Waals surface area contributed by atoms with Crippen molar-refractivity contribution in [1.82, 2.24) is 9.88 Å². The minimum atomic E-state index is -0.0335. The van der Waals surface area contributed by atoms with Crippen LogP contribution in [0, 0.1) is 0 Å². The molecule has 1 aliphatic carbocycles. The largest absolute Gasteiger partial charge is 0.384 e. The lowest BCUT2D eigenvalue weighted by molar-refractivity contribution is 0.0939. The molecule has 94 valence electrons. The molecular weight excluding hydrogens is 214 g/mol. The predicted octanol–water partition coefficient (Wildman–Crippen LogP) is 2.32. The second-order valence-corrected chi connectivity index (χ2v) is 5.07. The normalized spacial score (nSPS) is 16.6. The van der Waals surface area contributed by atoms with Crippen LogP contribution in [0.1, 0.15) is 55.9 Å². The SMILES string of the molecule is CC(C)n1ccc(C(=O)NC2CCCC2)c1N. The fraction of sp³-hybridized carbons (Fsp3) is 0.615. The maximum atomic E-state index is 12.1. The van der Waals surface area contributed by atoms with Crippen molar-refractivity contribution in [1.29, 1.82) is 0 Å². The van der Waals surface area contributed by atoms with Crippen LogP contribution in [0.4, 0.5) is 5.82 Å². The van der Waals surface area contributed by atoms with Crippen LogP contribution in [-0.4, -0.2) is 16.5 Å². The van der Waals surface area contributed by atoms with Gasteiger partial charge < -0.3 is 15.6 Å². The Labute approximate surface area is 102 Å². The molecule has 0 atom stereocenters. The van der Waals surface area contributed by atoms with Crippen LogP contribution in [0.3, 0.4) is 0 Å². The van der Waals surface area contributed by atoms with Gasteiger partial charge in [0.1, 0.15) is 5.82 Å². The zero-order valence-corrected chi connectivity index (χ0v) is 10.6. The molecule has 3 N–H and O–H groups in total. The van der Waals surface area contributed by atoms with Crippen molar-refractivity contribution in [2.24, 2.45) is 0 Å². The molecule has 0 aliphatic heterocycles. The molecule has 1 amide bonds. The van der Waals surface area contributed by atoms with E-state index in [-0.39, 0.29) is 11.9 Å². The second kappa shape index (κ2) is 4.82. The maximum absolute atomic E-state index is 12.1. The molecule has 0 aromatic carbocycles. The van der Waals surface area contributed by atoms with E-state index in [0.717, 1.165) is 12.8 Å². The summed E-state index contributed by atoms with van der Waals surface area (Å²) >= 11 is 0. The molecular formula is C13H21N3O. The first-order valence-corrected chi connectivity index (χ1v) is 6.36. The van der Waals surface area contributed by atoms with E-state index in [0.29, 0.717) is 17.4 Å². The van der Waals surface area contributed by atoms with Gasteiger partial charge >= 0.3 is 0 Å². The number of nitrogens with zero attached hydrogens (tertiary/aromatic N) is 1. The molecule has 0 unspecified atom stereocenters. The van der Waals surface area contributed by atoms with Crippen LogP contribution in [0.2, 0.25) is 0 Å². The van der Waals surface area contributed by atoms with Crippen LogP contribution in [-0.2, 0) is 0 Å². The third kappa shape index (κ3) is 2.46. The summed E-state index contributed by atoms with van der Waals surface area (Å²) in [6, 6.07) is 2.42. The maximum Gasteiger partial charge on any atom is 0.255 e. The first-order chi connectivity index (χ1) is 8.09. The standard InChI is InChI=1S/C13H21N3O/c1-9(2)16-8-7-11(12(16)14)13(17)15-10-5-3-4-6-10/h7-10H,3-6,14H2,1-2H3,(H,15,17). The topological polar surface area (TPSA) is 60.0 Å². The van der Waals surface area contributed by atoms with Crippen LogP contribution in [0.5, 0.6) is 0 Å². The van der Waals surface area contributed by atoms with Crippen molar-refractivity contribution in [3.8, 4) is 0 Å². The van der Waals surface area contributed by atoms with Gasteiger partial charge in [0.05, 0.1) is 5.56 Å². The van der Waals surface area contributed by atoms with Gasteiger partial charge in [0.15, 0.2) is 0 Å². The number of aromatic nitrogens is 1. The quantitative estimate of drug-likeness (QED) is 0.844.